The Labute approximate surface area is 255 Å². The van der Waals surface area contributed by atoms with E-state index >= 15 is 0 Å². The molecule has 1 N–H and O–H groups in total. The molecule has 4 aromatic carbocycles. The maximum absolute atomic E-state index is 14.5. The Morgan fingerprint density at radius 3 is 1.91 bits per heavy atom. The van der Waals surface area contributed by atoms with E-state index in [9.17, 15) is 18.0 Å². The Bertz CT molecular complexity index is 1580. The summed E-state index contributed by atoms with van der Waals surface area (Å²) in [5.74, 6) is -0.747. The highest BCUT2D eigenvalue weighted by atomic mass is 32.2. The normalized spacial score (nSPS) is 11.9. The summed E-state index contributed by atoms with van der Waals surface area (Å²) in [6, 6.07) is 33.5. The van der Waals surface area contributed by atoms with Gasteiger partial charge in [0.25, 0.3) is 10.0 Å². The van der Waals surface area contributed by atoms with E-state index in [1.807, 2.05) is 86.6 Å². The van der Waals surface area contributed by atoms with E-state index in [2.05, 4.69) is 5.32 Å². The highest BCUT2D eigenvalue weighted by Crippen LogP contribution is 2.28. The summed E-state index contributed by atoms with van der Waals surface area (Å²) in [4.78, 5) is 29.8. The van der Waals surface area contributed by atoms with Crippen molar-refractivity contribution in [1.82, 2.24) is 10.2 Å². The van der Waals surface area contributed by atoms with Crippen molar-refractivity contribution in [1.29, 1.82) is 0 Å². The van der Waals surface area contributed by atoms with Crippen LogP contribution in [0.3, 0.4) is 0 Å². The van der Waals surface area contributed by atoms with Gasteiger partial charge in [-0.15, -0.1) is 0 Å². The average molecular weight is 598 g/mol. The summed E-state index contributed by atoms with van der Waals surface area (Å²) in [6.07, 6.45) is 1.61. The molecule has 0 aliphatic rings. The predicted octanol–water partition coefficient (Wildman–Crippen LogP) is 5.61. The number of carbonyl (C=O) groups is 2. The molecule has 0 saturated carbocycles. The van der Waals surface area contributed by atoms with Crippen LogP contribution in [0.4, 0.5) is 5.69 Å². The molecule has 0 saturated heterocycles. The van der Waals surface area contributed by atoms with Gasteiger partial charge in [0.1, 0.15) is 12.6 Å². The van der Waals surface area contributed by atoms with E-state index in [4.69, 9.17) is 0 Å². The fourth-order valence-corrected chi connectivity index (χ4v) is 6.46. The monoisotopic (exact) mass is 597 g/mol. The van der Waals surface area contributed by atoms with Crippen molar-refractivity contribution in [2.45, 2.75) is 50.6 Å². The third kappa shape index (κ3) is 8.11. The van der Waals surface area contributed by atoms with Crippen molar-refractivity contribution in [2.75, 3.05) is 17.4 Å². The van der Waals surface area contributed by atoms with Gasteiger partial charge in [-0.05, 0) is 47.7 Å². The lowest BCUT2D eigenvalue weighted by Crippen LogP contribution is -2.53. The first-order valence-corrected chi connectivity index (χ1v) is 16.1. The van der Waals surface area contributed by atoms with Crippen LogP contribution in [-0.4, -0.2) is 44.3 Å². The Morgan fingerprint density at radius 2 is 1.30 bits per heavy atom. The molecule has 0 radical (unpaired) electrons. The Morgan fingerprint density at radius 1 is 0.744 bits per heavy atom. The minimum absolute atomic E-state index is 0.0878. The number of benzene rings is 4. The van der Waals surface area contributed by atoms with Crippen LogP contribution >= 0.6 is 0 Å². The van der Waals surface area contributed by atoms with Crippen LogP contribution in [0.5, 0.6) is 0 Å². The van der Waals surface area contributed by atoms with Gasteiger partial charge in [0.05, 0.1) is 10.6 Å². The molecule has 1 atom stereocenters. The number of aryl methyl sites for hydroxylation is 1. The second-order valence-corrected chi connectivity index (χ2v) is 12.2. The molecule has 2 amide bonds. The van der Waals surface area contributed by atoms with Gasteiger partial charge in [-0.25, -0.2) is 8.42 Å². The summed E-state index contributed by atoms with van der Waals surface area (Å²) in [6.45, 7) is 4.06. The largest absolute Gasteiger partial charge is 0.354 e. The molecular weight excluding hydrogens is 558 g/mol. The molecule has 43 heavy (non-hydrogen) atoms. The molecule has 0 aliphatic heterocycles. The zero-order valence-electron chi connectivity index (χ0n) is 24.7. The molecule has 0 aromatic heterocycles. The molecular formula is C35H39N3O4S. The van der Waals surface area contributed by atoms with Crippen molar-refractivity contribution < 1.29 is 18.0 Å². The summed E-state index contributed by atoms with van der Waals surface area (Å²) >= 11 is 0. The average Bonchev–Trinajstić information content (AvgIpc) is 3.05. The van der Waals surface area contributed by atoms with Gasteiger partial charge in [0.15, 0.2) is 0 Å². The van der Waals surface area contributed by atoms with Crippen molar-refractivity contribution in [3.8, 4) is 0 Å². The van der Waals surface area contributed by atoms with Gasteiger partial charge in [0.2, 0.25) is 11.8 Å². The maximum atomic E-state index is 14.5. The Hall–Kier alpha value is -4.43. The first kappa shape index (κ1) is 31.5. The topological polar surface area (TPSA) is 86.8 Å². The quantitative estimate of drug-likeness (QED) is 0.205. The third-order valence-electron chi connectivity index (χ3n) is 7.27. The van der Waals surface area contributed by atoms with E-state index in [0.717, 1.165) is 23.1 Å². The highest BCUT2D eigenvalue weighted by Gasteiger charge is 2.35. The SMILES string of the molecule is CCCNC(=O)C(Cc1ccccc1)N(Cc1ccccc1)C(=O)CN(c1ccccc1CC)S(=O)(=O)c1ccccc1. The van der Waals surface area contributed by atoms with Crippen LogP contribution in [0, 0.1) is 0 Å². The van der Waals surface area contributed by atoms with Crippen molar-refractivity contribution in [3.63, 3.8) is 0 Å². The van der Waals surface area contributed by atoms with E-state index in [0.29, 0.717) is 18.7 Å². The molecule has 7 nitrogen and oxygen atoms in total. The highest BCUT2D eigenvalue weighted by molar-refractivity contribution is 7.92. The number of sulfonamides is 1. The zero-order chi connectivity index (χ0) is 30.7. The van der Waals surface area contributed by atoms with Crippen LogP contribution < -0.4 is 9.62 Å². The molecule has 4 aromatic rings. The molecule has 0 spiro atoms. The first-order valence-electron chi connectivity index (χ1n) is 14.7. The Balaban J connectivity index is 1.80. The lowest BCUT2D eigenvalue weighted by Gasteiger charge is -2.34. The Kier molecular flexibility index (Phi) is 11.1. The fraction of sp³-hybridized carbons (Fsp3) is 0.257. The smallest absolute Gasteiger partial charge is 0.264 e. The number of anilines is 1. The van der Waals surface area contributed by atoms with E-state index < -0.39 is 28.5 Å². The lowest BCUT2D eigenvalue weighted by atomic mass is 10.0. The number of nitrogens with one attached hydrogen (secondary N) is 1. The van der Waals surface area contributed by atoms with Crippen LogP contribution in [-0.2, 0) is 39.0 Å². The first-order chi connectivity index (χ1) is 20.8. The molecule has 1 unspecified atom stereocenters. The van der Waals surface area contributed by atoms with Gasteiger partial charge >= 0.3 is 0 Å². The van der Waals surface area contributed by atoms with E-state index in [-0.39, 0.29) is 23.8 Å². The molecule has 224 valence electrons. The number of para-hydroxylation sites is 1. The van der Waals surface area contributed by atoms with Gasteiger partial charge in [-0.3, -0.25) is 13.9 Å². The van der Waals surface area contributed by atoms with Crippen molar-refractivity contribution in [2.24, 2.45) is 0 Å². The molecule has 8 heteroatoms. The molecule has 0 fully saturated rings. The molecule has 0 aliphatic carbocycles. The molecule has 0 bridgehead atoms. The number of amides is 2. The lowest BCUT2D eigenvalue weighted by molar-refractivity contribution is -0.140. The summed E-state index contributed by atoms with van der Waals surface area (Å²) in [7, 11) is -4.12. The van der Waals surface area contributed by atoms with Crippen LogP contribution in [0.15, 0.2) is 120 Å². The number of nitrogens with zero attached hydrogens (tertiary/aromatic N) is 2. The summed E-state index contributed by atoms with van der Waals surface area (Å²) in [5.41, 5.74) is 2.97. The van der Waals surface area contributed by atoms with Gasteiger partial charge in [0, 0.05) is 19.5 Å². The van der Waals surface area contributed by atoms with Crippen LogP contribution in [0.25, 0.3) is 0 Å². The van der Waals surface area contributed by atoms with E-state index in [1.54, 1.807) is 30.3 Å². The zero-order valence-corrected chi connectivity index (χ0v) is 25.5. The maximum Gasteiger partial charge on any atom is 0.264 e. The van der Waals surface area contributed by atoms with Gasteiger partial charge in [-0.2, -0.15) is 0 Å². The molecule has 0 heterocycles. The number of hydrogen-bond acceptors (Lipinski definition) is 4. The minimum atomic E-state index is -4.12. The fourth-order valence-electron chi connectivity index (χ4n) is 4.99. The number of rotatable bonds is 14. The molecule has 4 rings (SSSR count). The second-order valence-electron chi connectivity index (χ2n) is 10.3. The van der Waals surface area contributed by atoms with Crippen molar-refractivity contribution >= 4 is 27.5 Å². The van der Waals surface area contributed by atoms with Gasteiger partial charge < -0.3 is 10.2 Å². The van der Waals surface area contributed by atoms with Crippen LogP contribution in [0.1, 0.15) is 37.0 Å². The predicted molar refractivity (Wildman–Crippen MR) is 171 cm³/mol. The number of hydrogen-bond donors (Lipinski definition) is 1. The van der Waals surface area contributed by atoms with Crippen molar-refractivity contribution in [3.05, 3.63) is 132 Å². The van der Waals surface area contributed by atoms with Gasteiger partial charge in [-0.1, -0.05) is 111 Å². The summed E-state index contributed by atoms with van der Waals surface area (Å²) in [5, 5.41) is 2.97. The number of carbonyl (C=O) groups excluding carboxylic acids is 2. The second kappa shape index (κ2) is 15.2. The van der Waals surface area contributed by atoms with Crippen LogP contribution in [0.2, 0.25) is 0 Å². The minimum Gasteiger partial charge on any atom is -0.354 e. The van der Waals surface area contributed by atoms with E-state index in [1.165, 1.54) is 21.3 Å². The standard InChI is InChI=1S/C35H39N3O4S/c1-3-24-36-35(40)33(25-28-16-8-5-9-17-28)37(26-29-18-10-6-11-19-29)34(39)27-38(32-23-15-14-20-30(32)4-2)43(41,42)31-21-12-7-13-22-31/h5-23,33H,3-4,24-27H2,1-2H3,(H,36,40). The third-order valence-corrected chi connectivity index (χ3v) is 9.04. The summed E-state index contributed by atoms with van der Waals surface area (Å²) < 4.78 is 29.4.